The van der Waals surface area contributed by atoms with Gasteiger partial charge in [-0.1, -0.05) is 25.5 Å². The predicted octanol–water partition coefficient (Wildman–Crippen LogP) is 1.46. The Morgan fingerprint density at radius 1 is 1.45 bits per heavy atom. The smallest absolute Gasteiger partial charge is 0.239 e. The average molecular weight is 278 g/mol. The molecule has 0 saturated carbocycles. The van der Waals surface area contributed by atoms with Crippen LogP contribution in [0.4, 0.5) is 0 Å². The molecule has 2 atom stereocenters. The molecule has 1 heterocycles. The van der Waals surface area contributed by atoms with E-state index in [0.29, 0.717) is 25.3 Å². The first kappa shape index (κ1) is 14.7. The van der Waals surface area contributed by atoms with Gasteiger partial charge in [-0.15, -0.1) is 0 Å². The molecule has 5 heteroatoms. The van der Waals surface area contributed by atoms with Crippen LogP contribution in [0.5, 0.6) is 11.5 Å². The summed E-state index contributed by atoms with van der Waals surface area (Å²) in [6, 6.07) is 7.51. The van der Waals surface area contributed by atoms with Gasteiger partial charge < -0.3 is 20.5 Å². The summed E-state index contributed by atoms with van der Waals surface area (Å²) in [6.45, 7) is 4.57. The van der Waals surface area contributed by atoms with E-state index in [-0.39, 0.29) is 12.0 Å². The molecule has 5 nitrogen and oxygen atoms in total. The Kier molecular flexibility index (Phi) is 4.49. The summed E-state index contributed by atoms with van der Waals surface area (Å²) in [5.74, 6) is 1.30. The van der Waals surface area contributed by atoms with Crippen LogP contribution in [0.2, 0.25) is 0 Å². The van der Waals surface area contributed by atoms with Crippen molar-refractivity contribution >= 4 is 5.91 Å². The molecular formula is C15H22N2O3. The molecule has 0 spiro atoms. The van der Waals surface area contributed by atoms with Crippen molar-refractivity contribution < 1.29 is 14.3 Å². The SMILES string of the molecule is CCCC(C)(N)C(=O)NCC1COc2ccccc2O1. The highest BCUT2D eigenvalue weighted by molar-refractivity contribution is 5.85. The molecule has 0 aromatic heterocycles. The maximum atomic E-state index is 12.0. The van der Waals surface area contributed by atoms with Gasteiger partial charge in [-0.25, -0.2) is 0 Å². The lowest BCUT2D eigenvalue weighted by Crippen LogP contribution is -2.54. The Morgan fingerprint density at radius 2 is 2.15 bits per heavy atom. The van der Waals surface area contributed by atoms with E-state index in [1.807, 2.05) is 31.2 Å². The van der Waals surface area contributed by atoms with Crippen LogP contribution in [0.25, 0.3) is 0 Å². The van der Waals surface area contributed by atoms with Gasteiger partial charge in [0.2, 0.25) is 5.91 Å². The number of amides is 1. The van der Waals surface area contributed by atoms with Crippen molar-refractivity contribution in [2.24, 2.45) is 5.73 Å². The number of carbonyl (C=O) groups is 1. The summed E-state index contributed by atoms with van der Waals surface area (Å²) in [5.41, 5.74) is 5.15. The van der Waals surface area contributed by atoms with Crippen molar-refractivity contribution in [3.63, 3.8) is 0 Å². The Morgan fingerprint density at radius 3 is 2.85 bits per heavy atom. The topological polar surface area (TPSA) is 73.6 Å². The van der Waals surface area contributed by atoms with Crippen LogP contribution in [0.15, 0.2) is 24.3 Å². The molecule has 110 valence electrons. The highest BCUT2D eigenvalue weighted by atomic mass is 16.6. The second kappa shape index (κ2) is 6.13. The van der Waals surface area contributed by atoms with E-state index in [0.717, 1.165) is 12.2 Å². The Balaban J connectivity index is 1.86. The second-order valence-electron chi connectivity index (χ2n) is 5.38. The Bertz CT molecular complexity index is 474. The number of fused-ring (bicyclic) bond motifs is 1. The fraction of sp³-hybridized carbons (Fsp3) is 0.533. The number of carbonyl (C=O) groups excluding carboxylic acids is 1. The van der Waals surface area contributed by atoms with Gasteiger partial charge in [-0.3, -0.25) is 4.79 Å². The minimum atomic E-state index is -0.831. The van der Waals surface area contributed by atoms with Crippen LogP contribution in [-0.2, 0) is 4.79 Å². The summed E-state index contributed by atoms with van der Waals surface area (Å²) < 4.78 is 11.4. The molecule has 1 aliphatic heterocycles. The zero-order chi connectivity index (χ0) is 14.6. The minimum Gasteiger partial charge on any atom is -0.486 e. The van der Waals surface area contributed by atoms with Gasteiger partial charge in [0.1, 0.15) is 12.7 Å². The van der Waals surface area contributed by atoms with Crippen molar-refractivity contribution in [2.45, 2.75) is 38.3 Å². The Hall–Kier alpha value is -1.75. The lowest BCUT2D eigenvalue weighted by Gasteiger charge is -2.28. The zero-order valence-corrected chi connectivity index (χ0v) is 12.0. The third-order valence-corrected chi connectivity index (χ3v) is 3.35. The number of nitrogens with one attached hydrogen (secondary N) is 1. The second-order valence-corrected chi connectivity index (χ2v) is 5.38. The summed E-state index contributed by atoms with van der Waals surface area (Å²) >= 11 is 0. The van der Waals surface area contributed by atoms with Gasteiger partial charge in [-0.05, 0) is 25.5 Å². The van der Waals surface area contributed by atoms with Crippen molar-refractivity contribution in [1.29, 1.82) is 0 Å². The van der Waals surface area contributed by atoms with Gasteiger partial charge in [0.25, 0.3) is 0 Å². The predicted molar refractivity (Wildman–Crippen MR) is 76.9 cm³/mol. The minimum absolute atomic E-state index is 0.151. The van der Waals surface area contributed by atoms with E-state index >= 15 is 0 Å². The molecular weight excluding hydrogens is 256 g/mol. The average Bonchev–Trinajstić information content (AvgIpc) is 2.44. The van der Waals surface area contributed by atoms with Gasteiger partial charge in [-0.2, -0.15) is 0 Å². The summed E-state index contributed by atoms with van der Waals surface area (Å²) in [7, 11) is 0. The fourth-order valence-corrected chi connectivity index (χ4v) is 2.20. The third kappa shape index (κ3) is 3.42. The summed E-state index contributed by atoms with van der Waals surface area (Å²) in [6.07, 6.45) is 1.34. The van der Waals surface area contributed by atoms with Crippen molar-refractivity contribution in [3.05, 3.63) is 24.3 Å². The maximum absolute atomic E-state index is 12.0. The number of nitrogens with two attached hydrogens (primary N) is 1. The van der Waals surface area contributed by atoms with Crippen molar-refractivity contribution in [1.82, 2.24) is 5.32 Å². The lowest BCUT2D eigenvalue weighted by molar-refractivity contribution is -0.126. The van der Waals surface area contributed by atoms with E-state index in [2.05, 4.69) is 5.32 Å². The molecule has 0 bridgehead atoms. The molecule has 1 aliphatic rings. The molecule has 1 aromatic rings. The van der Waals surface area contributed by atoms with Crippen LogP contribution in [-0.4, -0.2) is 30.7 Å². The largest absolute Gasteiger partial charge is 0.486 e. The van der Waals surface area contributed by atoms with Gasteiger partial charge in [0, 0.05) is 0 Å². The number of hydrogen-bond donors (Lipinski definition) is 2. The van der Waals surface area contributed by atoms with Crippen LogP contribution in [0, 0.1) is 0 Å². The van der Waals surface area contributed by atoms with E-state index < -0.39 is 5.54 Å². The first-order valence-electron chi connectivity index (χ1n) is 6.98. The standard InChI is InChI=1S/C15H22N2O3/c1-3-8-15(2,16)14(18)17-9-11-10-19-12-6-4-5-7-13(12)20-11/h4-7,11H,3,8-10,16H2,1-2H3,(H,17,18). The lowest BCUT2D eigenvalue weighted by atomic mass is 9.96. The molecule has 1 aromatic carbocycles. The first-order valence-corrected chi connectivity index (χ1v) is 6.98. The molecule has 3 N–H and O–H groups in total. The maximum Gasteiger partial charge on any atom is 0.239 e. The van der Waals surface area contributed by atoms with Crippen LogP contribution in [0.1, 0.15) is 26.7 Å². The molecule has 0 radical (unpaired) electrons. The van der Waals surface area contributed by atoms with E-state index in [9.17, 15) is 4.79 Å². The van der Waals surface area contributed by atoms with Gasteiger partial charge in [0.15, 0.2) is 11.5 Å². The van der Waals surface area contributed by atoms with Crippen LogP contribution < -0.4 is 20.5 Å². The number of para-hydroxylation sites is 2. The molecule has 1 amide bonds. The molecule has 0 saturated heterocycles. The first-order chi connectivity index (χ1) is 9.53. The summed E-state index contributed by atoms with van der Waals surface area (Å²) in [4.78, 5) is 12.0. The van der Waals surface area contributed by atoms with Gasteiger partial charge in [0.05, 0.1) is 12.1 Å². The molecule has 2 unspecified atom stereocenters. The zero-order valence-electron chi connectivity index (χ0n) is 12.0. The Labute approximate surface area is 119 Å². The molecule has 20 heavy (non-hydrogen) atoms. The highest BCUT2D eigenvalue weighted by Gasteiger charge is 2.28. The van der Waals surface area contributed by atoms with E-state index in [1.165, 1.54) is 0 Å². The fourth-order valence-electron chi connectivity index (χ4n) is 2.20. The van der Waals surface area contributed by atoms with E-state index in [4.69, 9.17) is 15.2 Å². The summed E-state index contributed by atoms with van der Waals surface area (Å²) in [5, 5.41) is 2.84. The number of benzene rings is 1. The normalized spacial score (nSPS) is 20.1. The molecule has 0 fully saturated rings. The number of hydrogen-bond acceptors (Lipinski definition) is 4. The van der Waals surface area contributed by atoms with Crippen LogP contribution in [0.3, 0.4) is 0 Å². The molecule has 2 rings (SSSR count). The van der Waals surface area contributed by atoms with Gasteiger partial charge >= 0.3 is 0 Å². The molecule has 0 aliphatic carbocycles. The highest BCUT2D eigenvalue weighted by Crippen LogP contribution is 2.30. The van der Waals surface area contributed by atoms with Crippen molar-refractivity contribution in [3.8, 4) is 11.5 Å². The monoisotopic (exact) mass is 278 g/mol. The third-order valence-electron chi connectivity index (χ3n) is 3.35. The number of rotatable bonds is 5. The van der Waals surface area contributed by atoms with Crippen LogP contribution >= 0.6 is 0 Å². The van der Waals surface area contributed by atoms with E-state index in [1.54, 1.807) is 6.92 Å². The van der Waals surface area contributed by atoms with Crippen molar-refractivity contribution in [2.75, 3.05) is 13.2 Å². The number of ether oxygens (including phenoxy) is 2. The quantitative estimate of drug-likeness (QED) is 0.855.